The fraction of sp³-hybridized carbons (Fsp3) is 0.542. The average molecular weight is 497 g/mol. The van der Waals surface area contributed by atoms with E-state index < -0.39 is 47.3 Å². The number of alkyl halides is 3. The molecule has 11 heteroatoms. The molecule has 2 aliphatic rings. The summed E-state index contributed by atoms with van der Waals surface area (Å²) in [6.45, 7) is 5.98. The molecule has 2 N–H and O–H groups in total. The molecule has 1 aromatic carbocycles. The molecule has 190 valence electrons. The Kier molecular flexibility index (Phi) is 6.76. The van der Waals surface area contributed by atoms with E-state index in [1.165, 1.54) is 19.1 Å². The summed E-state index contributed by atoms with van der Waals surface area (Å²) in [5, 5.41) is 5.65. The summed E-state index contributed by atoms with van der Waals surface area (Å²) in [6, 6.07) is 2.89. The van der Waals surface area contributed by atoms with Crippen LogP contribution in [0, 0.1) is 12.7 Å². The second kappa shape index (κ2) is 9.34. The van der Waals surface area contributed by atoms with Crippen LogP contribution in [0.3, 0.4) is 0 Å². The number of benzene rings is 1. The van der Waals surface area contributed by atoms with Crippen molar-refractivity contribution in [1.29, 1.82) is 0 Å². The molecule has 7 nitrogen and oxygen atoms in total. The maximum atomic E-state index is 15.5. The Bertz CT molecular complexity index is 1110. The van der Waals surface area contributed by atoms with Crippen molar-refractivity contribution in [3.8, 4) is 0 Å². The number of hydrogen-bond donors (Lipinski definition) is 2. The zero-order chi connectivity index (χ0) is 25.5. The van der Waals surface area contributed by atoms with Crippen LogP contribution >= 0.6 is 0 Å². The standard InChI is InChI=1S/C24H28F4N4O3/c1-12(14-6-5-7-15(17(14)25)24(4,27)28)29-20-16(22-34-10-11-35-22)19(30-13(2)31-20)18(26)21(33)32-23(3)8-9-23/h5-7,12,18,22H,8-11H2,1-4H3,(H,32,33)(H,29,30,31)/t12-,18?/m1/s1. The maximum absolute atomic E-state index is 15.5. The van der Waals surface area contributed by atoms with Gasteiger partial charge in [0.05, 0.1) is 36.1 Å². The van der Waals surface area contributed by atoms with Gasteiger partial charge < -0.3 is 20.1 Å². The van der Waals surface area contributed by atoms with Gasteiger partial charge >= 0.3 is 0 Å². The van der Waals surface area contributed by atoms with Crippen LogP contribution in [0.1, 0.15) is 80.3 Å². The number of aryl methyl sites for hydroxylation is 1. The van der Waals surface area contributed by atoms with Gasteiger partial charge in [0, 0.05) is 18.0 Å². The summed E-state index contributed by atoms with van der Waals surface area (Å²) in [7, 11) is 0. The van der Waals surface area contributed by atoms with Gasteiger partial charge in [0.15, 0.2) is 6.29 Å². The van der Waals surface area contributed by atoms with Crippen LogP contribution in [0.2, 0.25) is 0 Å². The predicted octanol–water partition coefficient (Wildman–Crippen LogP) is 4.93. The van der Waals surface area contributed by atoms with Crippen LogP contribution in [-0.2, 0) is 20.2 Å². The van der Waals surface area contributed by atoms with Gasteiger partial charge in [0.2, 0.25) is 6.17 Å². The van der Waals surface area contributed by atoms with E-state index in [2.05, 4.69) is 20.6 Å². The van der Waals surface area contributed by atoms with E-state index in [0.717, 1.165) is 18.9 Å². The Morgan fingerprint density at radius 3 is 2.49 bits per heavy atom. The third-order valence-corrected chi connectivity index (χ3v) is 6.16. The number of anilines is 1. The van der Waals surface area contributed by atoms with Gasteiger partial charge in [0.25, 0.3) is 11.8 Å². The third-order valence-electron chi connectivity index (χ3n) is 6.16. The van der Waals surface area contributed by atoms with Crippen LogP contribution in [0.25, 0.3) is 0 Å². The molecule has 1 unspecified atom stereocenters. The number of carbonyl (C=O) groups excluding carboxylic acids is 1. The van der Waals surface area contributed by atoms with E-state index in [0.29, 0.717) is 6.92 Å². The number of amides is 1. The van der Waals surface area contributed by atoms with Gasteiger partial charge in [-0.1, -0.05) is 18.2 Å². The second-order valence-corrected chi connectivity index (χ2v) is 9.37. The van der Waals surface area contributed by atoms with Crippen molar-refractivity contribution in [2.24, 2.45) is 0 Å². The molecule has 35 heavy (non-hydrogen) atoms. The van der Waals surface area contributed by atoms with Crippen LogP contribution in [-0.4, -0.2) is 34.6 Å². The highest BCUT2D eigenvalue weighted by Gasteiger charge is 2.42. The Morgan fingerprint density at radius 1 is 1.23 bits per heavy atom. The molecule has 0 spiro atoms. The van der Waals surface area contributed by atoms with Gasteiger partial charge in [0.1, 0.15) is 17.5 Å². The highest BCUT2D eigenvalue weighted by Crippen LogP contribution is 2.39. The first-order valence-corrected chi connectivity index (χ1v) is 11.4. The lowest BCUT2D eigenvalue weighted by molar-refractivity contribution is -0.127. The van der Waals surface area contributed by atoms with Crippen molar-refractivity contribution in [3.05, 3.63) is 52.2 Å². The van der Waals surface area contributed by atoms with Crippen molar-refractivity contribution >= 4 is 11.7 Å². The monoisotopic (exact) mass is 496 g/mol. The quantitative estimate of drug-likeness (QED) is 0.504. The summed E-state index contributed by atoms with van der Waals surface area (Å²) in [6.07, 6.45) is -1.69. The number of rotatable bonds is 8. The number of ether oxygens (including phenoxy) is 2. The minimum atomic E-state index is -3.37. The van der Waals surface area contributed by atoms with Crippen LogP contribution in [0.4, 0.5) is 23.4 Å². The minimum Gasteiger partial charge on any atom is -0.363 e. The summed E-state index contributed by atoms with van der Waals surface area (Å²) >= 11 is 0. The molecular formula is C24H28F4N4O3. The Hall–Kier alpha value is -2.79. The Balaban J connectivity index is 1.71. The molecule has 4 rings (SSSR count). The van der Waals surface area contributed by atoms with Crippen molar-refractivity contribution in [1.82, 2.24) is 15.3 Å². The number of carbonyl (C=O) groups is 1. The number of nitrogens with one attached hydrogen (secondary N) is 2. The third kappa shape index (κ3) is 5.40. The van der Waals surface area contributed by atoms with Gasteiger partial charge in [-0.3, -0.25) is 4.79 Å². The molecule has 1 saturated carbocycles. The van der Waals surface area contributed by atoms with Crippen LogP contribution in [0.5, 0.6) is 0 Å². The van der Waals surface area contributed by atoms with E-state index in [1.54, 1.807) is 6.92 Å². The van der Waals surface area contributed by atoms with Crippen molar-refractivity contribution in [2.45, 2.75) is 70.5 Å². The largest absolute Gasteiger partial charge is 0.363 e. The molecular weight excluding hydrogens is 468 g/mol. The molecule has 1 aliphatic carbocycles. The van der Waals surface area contributed by atoms with E-state index in [1.807, 2.05) is 6.92 Å². The molecule has 1 aliphatic heterocycles. The molecule has 1 saturated heterocycles. The summed E-state index contributed by atoms with van der Waals surface area (Å²) in [5.74, 6) is -5.05. The predicted molar refractivity (Wildman–Crippen MR) is 119 cm³/mol. The lowest BCUT2D eigenvalue weighted by Gasteiger charge is -2.24. The molecule has 0 bridgehead atoms. The normalized spacial score (nSPS) is 19.3. The second-order valence-electron chi connectivity index (χ2n) is 9.37. The Morgan fingerprint density at radius 2 is 1.89 bits per heavy atom. The van der Waals surface area contributed by atoms with Crippen molar-refractivity contribution in [2.75, 3.05) is 18.5 Å². The SMILES string of the molecule is Cc1nc(N[C@H](C)c2cccc(C(C)(F)F)c2F)c(C2OCCO2)c(C(F)C(=O)NC2(C)CC2)n1. The average Bonchev–Trinajstić information content (AvgIpc) is 3.26. The minimum absolute atomic E-state index is 0.0303. The topological polar surface area (TPSA) is 85.4 Å². The lowest BCUT2D eigenvalue weighted by Crippen LogP contribution is -2.37. The van der Waals surface area contributed by atoms with Crippen molar-refractivity contribution < 1.29 is 31.8 Å². The van der Waals surface area contributed by atoms with Gasteiger partial charge in [-0.2, -0.15) is 0 Å². The van der Waals surface area contributed by atoms with Crippen LogP contribution in [0.15, 0.2) is 18.2 Å². The first kappa shape index (κ1) is 25.3. The smallest absolute Gasteiger partial charge is 0.273 e. The fourth-order valence-corrected chi connectivity index (χ4v) is 3.97. The van der Waals surface area contributed by atoms with Crippen molar-refractivity contribution in [3.63, 3.8) is 0 Å². The Labute approximate surface area is 200 Å². The maximum Gasteiger partial charge on any atom is 0.273 e. The molecule has 1 amide bonds. The van der Waals surface area contributed by atoms with Gasteiger partial charge in [-0.05, 0) is 33.6 Å². The number of aromatic nitrogens is 2. The molecule has 2 fully saturated rings. The first-order valence-electron chi connectivity index (χ1n) is 11.4. The summed E-state index contributed by atoms with van der Waals surface area (Å²) in [4.78, 5) is 21.1. The lowest BCUT2D eigenvalue weighted by atomic mass is 10.0. The first-order chi connectivity index (χ1) is 16.4. The molecule has 0 radical (unpaired) electrons. The van der Waals surface area contributed by atoms with E-state index >= 15 is 4.39 Å². The molecule has 1 aromatic heterocycles. The van der Waals surface area contributed by atoms with Crippen LogP contribution < -0.4 is 10.6 Å². The number of hydrogen-bond acceptors (Lipinski definition) is 6. The molecule has 2 heterocycles. The van der Waals surface area contributed by atoms with E-state index in [4.69, 9.17) is 9.47 Å². The zero-order valence-electron chi connectivity index (χ0n) is 19.9. The highest BCUT2D eigenvalue weighted by molar-refractivity contribution is 5.83. The van der Waals surface area contributed by atoms with Gasteiger partial charge in [-0.15, -0.1) is 0 Å². The fourth-order valence-electron chi connectivity index (χ4n) is 3.97. The number of halogens is 4. The number of nitrogens with zero attached hydrogens (tertiary/aromatic N) is 2. The van der Waals surface area contributed by atoms with E-state index in [9.17, 15) is 18.0 Å². The molecule has 2 atom stereocenters. The molecule has 2 aromatic rings. The summed E-state index contributed by atoms with van der Waals surface area (Å²) < 4.78 is 69.3. The highest BCUT2D eigenvalue weighted by atomic mass is 19.3. The van der Waals surface area contributed by atoms with E-state index in [-0.39, 0.29) is 41.7 Å². The zero-order valence-corrected chi connectivity index (χ0v) is 19.9. The summed E-state index contributed by atoms with van der Waals surface area (Å²) in [5.41, 5.74) is -1.36. The van der Waals surface area contributed by atoms with Gasteiger partial charge in [-0.25, -0.2) is 27.5 Å².